The molecule has 0 radical (unpaired) electrons. The smallest absolute Gasteiger partial charge is 0.219 e. The summed E-state index contributed by atoms with van der Waals surface area (Å²) >= 11 is 11.8. The predicted molar refractivity (Wildman–Crippen MR) is 87.3 cm³/mol. The molecule has 5 heteroatoms. The molecule has 0 unspecified atom stereocenters. The largest absolute Gasteiger partial charge is 0.439 e. The molecule has 2 rings (SSSR count). The highest BCUT2D eigenvalue weighted by Gasteiger charge is 2.04. The number of halogens is 2. The molecule has 1 aromatic heterocycles. The lowest BCUT2D eigenvalue weighted by Gasteiger charge is -2.09. The second-order valence-corrected chi connectivity index (χ2v) is 6.02. The van der Waals surface area contributed by atoms with Gasteiger partial charge in [0.1, 0.15) is 5.75 Å². The zero-order valence-corrected chi connectivity index (χ0v) is 13.6. The maximum Gasteiger partial charge on any atom is 0.219 e. The standard InChI is InChI=1S/C16H18Cl2N2O/c1-11(2)9-19-10-12-5-6-20-16(7-12)21-13-3-4-14(17)15(18)8-13/h3-8,11,19H,9-10H2,1-2H3. The fraction of sp³-hybridized carbons (Fsp3) is 0.312. The van der Waals surface area contributed by atoms with Gasteiger partial charge in [-0.3, -0.25) is 0 Å². The lowest BCUT2D eigenvalue weighted by atomic mass is 10.2. The van der Waals surface area contributed by atoms with Gasteiger partial charge in [0.15, 0.2) is 0 Å². The lowest BCUT2D eigenvalue weighted by molar-refractivity contribution is 0.461. The van der Waals surface area contributed by atoms with Gasteiger partial charge in [0.2, 0.25) is 5.88 Å². The van der Waals surface area contributed by atoms with Crippen molar-refractivity contribution in [1.29, 1.82) is 0 Å². The highest BCUT2D eigenvalue weighted by atomic mass is 35.5. The molecule has 2 aromatic rings. The van der Waals surface area contributed by atoms with Crippen LogP contribution in [0.5, 0.6) is 11.6 Å². The van der Waals surface area contributed by atoms with E-state index >= 15 is 0 Å². The van der Waals surface area contributed by atoms with E-state index in [9.17, 15) is 0 Å². The molecular formula is C16H18Cl2N2O. The minimum Gasteiger partial charge on any atom is -0.439 e. The maximum atomic E-state index is 5.97. The van der Waals surface area contributed by atoms with Crippen molar-refractivity contribution in [3.63, 3.8) is 0 Å². The lowest BCUT2D eigenvalue weighted by Crippen LogP contribution is -2.18. The third-order valence-corrected chi connectivity index (χ3v) is 3.53. The number of nitrogens with zero attached hydrogens (tertiary/aromatic N) is 1. The molecule has 0 amide bonds. The minimum absolute atomic E-state index is 0.462. The van der Waals surface area contributed by atoms with E-state index in [-0.39, 0.29) is 0 Å². The van der Waals surface area contributed by atoms with Crippen molar-refractivity contribution >= 4 is 23.2 Å². The van der Waals surface area contributed by atoms with Crippen LogP contribution in [0.15, 0.2) is 36.5 Å². The van der Waals surface area contributed by atoms with Crippen LogP contribution in [0, 0.1) is 5.92 Å². The number of nitrogens with one attached hydrogen (secondary N) is 1. The Labute approximate surface area is 135 Å². The van der Waals surface area contributed by atoms with Gasteiger partial charge in [0, 0.05) is 24.9 Å². The van der Waals surface area contributed by atoms with Crippen LogP contribution in [0.4, 0.5) is 0 Å². The SMILES string of the molecule is CC(C)CNCc1ccnc(Oc2ccc(Cl)c(Cl)c2)c1. The van der Waals surface area contributed by atoms with Gasteiger partial charge in [0.05, 0.1) is 10.0 Å². The van der Waals surface area contributed by atoms with E-state index in [4.69, 9.17) is 27.9 Å². The second kappa shape index (κ2) is 7.64. The van der Waals surface area contributed by atoms with Gasteiger partial charge in [-0.15, -0.1) is 0 Å². The molecule has 1 heterocycles. The van der Waals surface area contributed by atoms with Gasteiger partial charge >= 0.3 is 0 Å². The fourth-order valence-corrected chi connectivity index (χ4v) is 2.07. The Bertz CT molecular complexity index is 603. The van der Waals surface area contributed by atoms with Crippen LogP contribution >= 0.6 is 23.2 Å². The summed E-state index contributed by atoms with van der Waals surface area (Å²) in [6.07, 6.45) is 1.74. The first-order chi connectivity index (χ1) is 10.0. The first kappa shape index (κ1) is 16.1. The summed E-state index contributed by atoms with van der Waals surface area (Å²) in [4.78, 5) is 4.20. The van der Waals surface area contributed by atoms with Crippen LogP contribution in [-0.2, 0) is 6.54 Å². The van der Waals surface area contributed by atoms with Crippen LogP contribution < -0.4 is 10.1 Å². The van der Waals surface area contributed by atoms with E-state index in [0.717, 1.165) is 18.7 Å². The predicted octanol–water partition coefficient (Wildman–Crippen LogP) is 4.93. The second-order valence-electron chi connectivity index (χ2n) is 5.21. The van der Waals surface area contributed by atoms with Crippen molar-refractivity contribution in [2.75, 3.05) is 6.54 Å². The van der Waals surface area contributed by atoms with Gasteiger partial charge in [-0.2, -0.15) is 0 Å². The van der Waals surface area contributed by atoms with Crippen LogP contribution in [0.1, 0.15) is 19.4 Å². The topological polar surface area (TPSA) is 34.2 Å². The van der Waals surface area contributed by atoms with Gasteiger partial charge in [-0.25, -0.2) is 4.98 Å². The van der Waals surface area contributed by atoms with Gasteiger partial charge in [-0.05, 0) is 36.2 Å². The fourth-order valence-electron chi connectivity index (χ4n) is 1.78. The number of aromatic nitrogens is 1. The average Bonchev–Trinajstić information content (AvgIpc) is 2.43. The van der Waals surface area contributed by atoms with Gasteiger partial charge in [0.25, 0.3) is 0 Å². The minimum atomic E-state index is 0.462. The quantitative estimate of drug-likeness (QED) is 0.818. The summed E-state index contributed by atoms with van der Waals surface area (Å²) in [5.74, 6) is 1.78. The highest BCUT2D eigenvalue weighted by Crippen LogP contribution is 2.28. The molecule has 3 nitrogen and oxygen atoms in total. The van der Waals surface area contributed by atoms with Crippen molar-refractivity contribution in [1.82, 2.24) is 10.3 Å². The molecule has 1 N–H and O–H groups in total. The van der Waals surface area contributed by atoms with E-state index in [2.05, 4.69) is 24.1 Å². The zero-order valence-electron chi connectivity index (χ0n) is 12.1. The van der Waals surface area contributed by atoms with E-state index in [0.29, 0.717) is 27.6 Å². The van der Waals surface area contributed by atoms with E-state index in [1.54, 1.807) is 24.4 Å². The highest BCUT2D eigenvalue weighted by molar-refractivity contribution is 6.42. The Morgan fingerprint density at radius 1 is 1.14 bits per heavy atom. The molecule has 0 saturated carbocycles. The molecule has 0 aliphatic heterocycles. The Balaban J connectivity index is 2.01. The van der Waals surface area contributed by atoms with E-state index < -0.39 is 0 Å². The van der Waals surface area contributed by atoms with Gasteiger partial charge in [-0.1, -0.05) is 37.0 Å². The normalized spacial score (nSPS) is 10.9. The van der Waals surface area contributed by atoms with Crippen molar-refractivity contribution in [3.05, 3.63) is 52.1 Å². The summed E-state index contributed by atoms with van der Waals surface area (Å²) in [5, 5.41) is 4.35. The maximum absolute atomic E-state index is 5.97. The Morgan fingerprint density at radius 2 is 1.95 bits per heavy atom. The van der Waals surface area contributed by atoms with Crippen LogP contribution in [0.3, 0.4) is 0 Å². The molecule has 0 fully saturated rings. The van der Waals surface area contributed by atoms with E-state index in [1.807, 2.05) is 12.1 Å². The molecular weight excluding hydrogens is 307 g/mol. The van der Waals surface area contributed by atoms with Crippen LogP contribution in [0.2, 0.25) is 10.0 Å². The van der Waals surface area contributed by atoms with E-state index in [1.165, 1.54) is 0 Å². The third kappa shape index (κ3) is 5.20. The summed E-state index contributed by atoms with van der Waals surface area (Å²) in [5.41, 5.74) is 1.13. The molecule has 0 atom stereocenters. The Morgan fingerprint density at radius 3 is 2.67 bits per heavy atom. The molecule has 0 saturated heterocycles. The molecule has 112 valence electrons. The molecule has 0 bridgehead atoms. The molecule has 1 aromatic carbocycles. The number of ether oxygens (including phenoxy) is 1. The number of rotatable bonds is 6. The summed E-state index contributed by atoms with van der Waals surface area (Å²) in [6, 6.07) is 9.02. The molecule has 0 aliphatic carbocycles. The van der Waals surface area contributed by atoms with Crippen molar-refractivity contribution in [2.45, 2.75) is 20.4 Å². The summed E-state index contributed by atoms with van der Waals surface area (Å²) < 4.78 is 5.70. The first-order valence-electron chi connectivity index (χ1n) is 6.83. The summed E-state index contributed by atoms with van der Waals surface area (Å²) in [6.45, 7) is 6.13. The number of hydrogen-bond donors (Lipinski definition) is 1. The summed E-state index contributed by atoms with van der Waals surface area (Å²) in [7, 11) is 0. The van der Waals surface area contributed by atoms with Crippen LogP contribution in [-0.4, -0.2) is 11.5 Å². The Hall–Kier alpha value is -1.29. The first-order valence-corrected chi connectivity index (χ1v) is 7.58. The number of hydrogen-bond acceptors (Lipinski definition) is 3. The zero-order chi connectivity index (χ0) is 15.2. The van der Waals surface area contributed by atoms with Crippen molar-refractivity contribution in [3.8, 4) is 11.6 Å². The average molecular weight is 325 g/mol. The van der Waals surface area contributed by atoms with Crippen LogP contribution in [0.25, 0.3) is 0 Å². The molecule has 0 aliphatic rings. The van der Waals surface area contributed by atoms with Gasteiger partial charge < -0.3 is 10.1 Å². The third-order valence-electron chi connectivity index (χ3n) is 2.79. The Kier molecular flexibility index (Phi) is 5.85. The molecule has 21 heavy (non-hydrogen) atoms. The van der Waals surface area contributed by atoms with Crippen molar-refractivity contribution in [2.24, 2.45) is 5.92 Å². The molecule has 0 spiro atoms. The van der Waals surface area contributed by atoms with Crippen molar-refractivity contribution < 1.29 is 4.74 Å². The number of benzene rings is 1. The number of pyridine rings is 1. The monoisotopic (exact) mass is 324 g/mol.